The molecule has 1 N–H and O–H groups in total. The van der Waals surface area contributed by atoms with E-state index in [-0.39, 0.29) is 19.2 Å². The molecule has 0 fully saturated rings. The molecule has 12 heavy (non-hydrogen) atoms. The van der Waals surface area contributed by atoms with E-state index in [1.54, 1.807) is 7.05 Å². The minimum absolute atomic E-state index is 0. The summed E-state index contributed by atoms with van der Waals surface area (Å²) in [4.78, 5) is 23.0. The number of imide groups is 1. The van der Waals surface area contributed by atoms with Crippen LogP contribution in [-0.4, -0.2) is 36.9 Å². The molecule has 4 nitrogen and oxygen atoms in total. The Morgan fingerprint density at radius 2 is 1.83 bits per heavy atom. The highest BCUT2D eigenvalue weighted by Crippen LogP contribution is 2.01. The molecule has 0 unspecified atom stereocenters. The molecule has 0 spiro atoms. The minimum atomic E-state index is -0.217. The van der Waals surface area contributed by atoms with Crippen molar-refractivity contribution in [2.45, 2.75) is 7.43 Å². The van der Waals surface area contributed by atoms with Gasteiger partial charge in [-0.2, -0.15) is 0 Å². The number of nitrogens with one attached hydrogen (secondary N) is 1. The highest BCUT2D eigenvalue weighted by atomic mass is 16.2. The fourth-order valence-electron chi connectivity index (χ4n) is 0.875. The van der Waals surface area contributed by atoms with Gasteiger partial charge in [0.05, 0.1) is 0 Å². The van der Waals surface area contributed by atoms with E-state index >= 15 is 0 Å². The zero-order valence-electron chi connectivity index (χ0n) is 6.33. The Labute approximate surface area is 72.2 Å². The third-order valence-corrected chi connectivity index (χ3v) is 1.49. The van der Waals surface area contributed by atoms with Crippen LogP contribution in [0.15, 0.2) is 12.2 Å². The maximum atomic E-state index is 10.9. The van der Waals surface area contributed by atoms with Crippen LogP contribution >= 0.6 is 0 Å². The van der Waals surface area contributed by atoms with Crippen LogP contribution in [0.2, 0.25) is 0 Å². The number of hydrogen-bond donors (Lipinski definition) is 1. The van der Waals surface area contributed by atoms with Crippen molar-refractivity contribution in [3.8, 4) is 0 Å². The second kappa shape index (κ2) is 4.66. The van der Waals surface area contributed by atoms with Crippen molar-refractivity contribution >= 4 is 11.8 Å². The van der Waals surface area contributed by atoms with Crippen molar-refractivity contribution in [1.82, 2.24) is 10.2 Å². The van der Waals surface area contributed by atoms with E-state index < -0.39 is 0 Å². The molecule has 1 heterocycles. The standard InChI is InChI=1S/C7H10N2O2.CH4/c1-8-4-5-9-6(10)2-3-7(9)11;/h2-3,8H,4-5H2,1H3;1H4. The van der Waals surface area contributed by atoms with Crippen molar-refractivity contribution < 1.29 is 9.59 Å². The average Bonchev–Trinajstić information content (AvgIpc) is 2.29. The van der Waals surface area contributed by atoms with Crippen LogP contribution < -0.4 is 5.32 Å². The highest BCUT2D eigenvalue weighted by Gasteiger charge is 2.21. The molecule has 0 atom stereocenters. The van der Waals surface area contributed by atoms with Crippen LogP contribution in [0, 0.1) is 0 Å². The van der Waals surface area contributed by atoms with Gasteiger partial charge in [-0.05, 0) is 7.05 Å². The molecular formula is C8H14N2O2. The molecule has 2 amide bonds. The Bertz CT molecular complexity index is 193. The number of rotatable bonds is 3. The first-order valence-electron chi connectivity index (χ1n) is 3.44. The summed E-state index contributed by atoms with van der Waals surface area (Å²) >= 11 is 0. The second-order valence-electron chi connectivity index (χ2n) is 2.27. The number of hydrogen-bond acceptors (Lipinski definition) is 3. The van der Waals surface area contributed by atoms with Gasteiger partial charge in [0.25, 0.3) is 11.8 Å². The van der Waals surface area contributed by atoms with Gasteiger partial charge in [0.15, 0.2) is 0 Å². The van der Waals surface area contributed by atoms with Crippen LogP contribution in [0.1, 0.15) is 7.43 Å². The lowest BCUT2D eigenvalue weighted by atomic mass is 10.5. The summed E-state index contributed by atoms with van der Waals surface area (Å²) in [6, 6.07) is 0. The highest BCUT2D eigenvalue weighted by molar-refractivity contribution is 6.12. The van der Waals surface area contributed by atoms with E-state index in [0.717, 1.165) is 0 Å². The van der Waals surface area contributed by atoms with Gasteiger partial charge in [-0.15, -0.1) is 0 Å². The summed E-state index contributed by atoms with van der Waals surface area (Å²) in [5, 5.41) is 2.86. The van der Waals surface area contributed by atoms with Crippen LogP contribution in [0.25, 0.3) is 0 Å². The van der Waals surface area contributed by atoms with Crippen LogP contribution in [0.5, 0.6) is 0 Å². The molecule has 0 aromatic rings. The van der Waals surface area contributed by atoms with E-state index in [1.165, 1.54) is 17.1 Å². The Kier molecular flexibility index (Phi) is 4.21. The first-order chi connectivity index (χ1) is 5.25. The Balaban J connectivity index is 0.00000121. The summed E-state index contributed by atoms with van der Waals surface area (Å²) in [7, 11) is 1.78. The Morgan fingerprint density at radius 1 is 1.33 bits per heavy atom. The van der Waals surface area contributed by atoms with Crippen molar-refractivity contribution in [3.63, 3.8) is 0 Å². The molecule has 0 radical (unpaired) electrons. The van der Waals surface area contributed by atoms with Crippen molar-refractivity contribution in [2.24, 2.45) is 0 Å². The second-order valence-corrected chi connectivity index (χ2v) is 2.27. The smallest absolute Gasteiger partial charge is 0.253 e. The predicted octanol–water partition coefficient (Wildman–Crippen LogP) is -0.233. The topological polar surface area (TPSA) is 49.4 Å². The van der Waals surface area contributed by atoms with Crippen molar-refractivity contribution in [2.75, 3.05) is 20.1 Å². The van der Waals surface area contributed by atoms with Crippen LogP contribution in [0.4, 0.5) is 0 Å². The maximum absolute atomic E-state index is 10.9. The third-order valence-electron chi connectivity index (χ3n) is 1.49. The Hall–Kier alpha value is -1.16. The number of carbonyl (C=O) groups is 2. The van der Waals surface area contributed by atoms with Gasteiger partial charge < -0.3 is 5.32 Å². The summed E-state index contributed by atoms with van der Waals surface area (Å²) in [5.74, 6) is -0.435. The van der Waals surface area contributed by atoms with Crippen LogP contribution in [0.3, 0.4) is 0 Å². The molecular weight excluding hydrogens is 156 g/mol. The lowest BCUT2D eigenvalue weighted by Crippen LogP contribution is -2.35. The molecule has 0 bridgehead atoms. The maximum Gasteiger partial charge on any atom is 0.253 e. The van der Waals surface area contributed by atoms with E-state index in [2.05, 4.69) is 5.32 Å². The normalized spacial score (nSPS) is 15.2. The number of nitrogens with zero attached hydrogens (tertiary/aromatic N) is 1. The van der Waals surface area contributed by atoms with E-state index in [1.807, 2.05) is 0 Å². The Morgan fingerprint density at radius 3 is 2.25 bits per heavy atom. The van der Waals surface area contributed by atoms with Crippen LogP contribution in [-0.2, 0) is 9.59 Å². The third kappa shape index (κ3) is 2.17. The van der Waals surface area contributed by atoms with Gasteiger partial charge >= 0.3 is 0 Å². The monoisotopic (exact) mass is 170 g/mol. The predicted molar refractivity (Wildman–Crippen MR) is 46.5 cm³/mol. The average molecular weight is 170 g/mol. The zero-order chi connectivity index (χ0) is 8.27. The summed E-state index contributed by atoms with van der Waals surface area (Å²) < 4.78 is 0. The molecule has 1 aliphatic heterocycles. The molecule has 0 aliphatic carbocycles. The fourth-order valence-corrected chi connectivity index (χ4v) is 0.875. The molecule has 1 rings (SSSR count). The SMILES string of the molecule is C.CNCCN1C(=O)C=CC1=O. The molecule has 0 aromatic carbocycles. The van der Waals surface area contributed by atoms with Gasteiger partial charge in [0.1, 0.15) is 0 Å². The van der Waals surface area contributed by atoms with E-state index in [4.69, 9.17) is 0 Å². The zero-order valence-corrected chi connectivity index (χ0v) is 6.33. The molecule has 0 saturated carbocycles. The van der Waals surface area contributed by atoms with Gasteiger partial charge in [-0.25, -0.2) is 0 Å². The summed E-state index contributed by atoms with van der Waals surface area (Å²) in [6.07, 6.45) is 2.58. The fraction of sp³-hybridized carbons (Fsp3) is 0.500. The van der Waals surface area contributed by atoms with Crippen molar-refractivity contribution in [3.05, 3.63) is 12.2 Å². The molecule has 1 aliphatic rings. The molecule has 0 aromatic heterocycles. The van der Waals surface area contributed by atoms with Crippen molar-refractivity contribution in [1.29, 1.82) is 0 Å². The molecule has 0 saturated heterocycles. The van der Waals surface area contributed by atoms with E-state index in [0.29, 0.717) is 13.1 Å². The number of likely N-dealkylation sites (N-methyl/N-ethyl adjacent to an activating group) is 1. The van der Waals surface area contributed by atoms with Gasteiger partial charge in [-0.3, -0.25) is 14.5 Å². The minimum Gasteiger partial charge on any atom is -0.318 e. The number of amides is 2. The first-order valence-corrected chi connectivity index (χ1v) is 3.44. The van der Waals surface area contributed by atoms with Gasteiger partial charge in [-0.1, -0.05) is 7.43 Å². The van der Waals surface area contributed by atoms with E-state index in [9.17, 15) is 9.59 Å². The summed E-state index contributed by atoms with van der Waals surface area (Å²) in [5.41, 5.74) is 0. The first kappa shape index (κ1) is 10.8. The largest absolute Gasteiger partial charge is 0.318 e. The summed E-state index contributed by atoms with van der Waals surface area (Å²) in [6.45, 7) is 1.08. The van der Waals surface area contributed by atoms with Gasteiger partial charge in [0, 0.05) is 25.2 Å². The quantitative estimate of drug-likeness (QED) is 0.595. The lowest BCUT2D eigenvalue weighted by Gasteiger charge is -2.12. The molecule has 4 heteroatoms. The molecule has 68 valence electrons. The van der Waals surface area contributed by atoms with Gasteiger partial charge in [0.2, 0.25) is 0 Å². The number of carbonyl (C=O) groups excluding carboxylic acids is 2. The lowest BCUT2D eigenvalue weighted by molar-refractivity contribution is -0.136.